The number of hydrogen-bond acceptors (Lipinski definition) is 4. The standard InChI is InChI=1S/C16H14N4/c1-12(13-7-3-2-4-8-13)18-20-16-15-10-6-5-9-14(15)11-17-19-16/h2-12H,1H3. The number of hydrogen-bond donors (Lipinski definition) is 0. The molecule has 4 nitrogen and oxygen atoms in total. The van der Waals surface area contributed by atoms with E-state index < -0.39 is 0 Å². The van der Waals surface area contributed by atoms with E-state index in [1.807, 2.05) is 61.5 Å². The van der Waals surface area contributed by atoms with E-state index in [9.17, 15) is 0 Å². The molecular formula is C16H14N4. The number of benzene rings is 2. The van der Waals surface area contributed by atoms with Gasteiger partial charge >= 0.3 is 0 Å². The van der Waals surface area contributed by atoms with Crippen molar-refractivity contribution in [3.8, 4) is 0 Å². The van der Waals surface area contributed by atoms with Crippen LogP contribution in [0, 0.1) is 0 Å². The molecule has 2 aromatic carbocycles. The summed E-state index contributed by atoms with van der Waals surface area (Å²) in [5.74, 6) is 0.561. The maximum Gasteiger partial charge on any atom is 0.203 e. The molecule has 0 saturated carbocycles. The molecule has 3 aromatic rings. The molecule has 0 aliphatic rings. The summed E-state index contributed by atoms with van der Waals surface area (Å²) in [6, 6.07) is 18.0. The lowest BCUT2D eigenvalue weighted by Crippen LogP contribution is -1.88. The van der Waals surface area contributed by atoms with E-state index in [1.165, 1.54) is 0 Å². The SMILES string of the molecule is CC(N=Nc1nncc2ccccc12)c1ccccc1. The Labute approximate surface area is 117 Å². The van der Waals surface area contributed by atoms with Crippen LogP contribution in [0.3, 0.4) is 0 Å². The first-order chi connectivity index (χ1) is 9.84. The lowest BCUT2D eigenvalue weighted by molar-refractivity contribution is 0.758. The van der Waals surface area contributed by atoms with E-state index in [1.54, 1.807) is 6.20 Å². The predicted octanol–water partition coefficient (Wildman–Crippen LogP) is 4.47. The molecule has 1 heterocycles. The van der Waals surface area contributed by atoms with Crippen LogP contribution in [0.5, 0.6) is 0 Å². The van der Waals surface area contributed by atoms with Crippen LogP contribution in [-0.4, -0.2) is 10.2 Å². The van der Waals surface area contributed by atoms with Gasteiger partial charge in [-0.2, -0.15) is 10.2 Å². The normalized spacial score (nSPS) is 12.8. The van der Waals surface area contributed by atoms with Crippen LogP contribution in [0.1, 0.15) is 18.5 Å². The highest BCUT2D eigenvalue weighted by Crippen LogP contribution is 2.24. The van der Waals surface area contributed by atoms with Gasteiger partial charge in [0.2, 0.25) is 5.82 Å². The van der Waals surface area contributed by atoms with Crippen molar-refractivity contribution in [2.75, 3.05) is 0 Å². The van der Waals surface area contributed by atoms with Crippen molar-refractivity contribution < 1.29 is 0 Å². The lowest BCUT2D eigenvalue weighted by Gasteiger charge is -2.04. The molecule has 0 bridgehead atoms. The van der Waals surface area contributed by atoms with Crippen LogP contribution < -0.4 is 0 Å². The molecule has 1 atom stereocenters. The zero-order chi connectivity index (χ0) is 13.8. The van der Waals surface area contributed by atoms with Crippen molar-refractivity contribution in [2.24, 2.45) is 10.2 Å². The van der Waals surface area contributed by atoms with Gasteiger partial charge < -0.3 is 0 Å². The number of fused-ring (bicyclic) bond motifs is 1. The van der Waals surface area contributed by atoms with Crippen molar-refractivity contribution >= 4 is 16.6 Å². The largest absolute Gasteiger partial charge is 0.203 e. The first kappa shape index (κ1) is 12.4. The molecule has 98 valence electrons. The minimum absolute atomic E-state index is 0.00281. The molecule has 20 heavy (non-hydrogen) atoms. The van der Waals surface area contributed by atoms with E-state index in [0.29, 0.717) is 5.82 Å². The van der Waals surface area contributed by atoms with Gasteiger partial charge in [0.15, 0.2) is 0 Å². The maximum absolute atomic E-state index is 4.34. The molecule has 0 N–H and O–H groups in total. The van der Waals surface area contributed by atoms with Gasteiger partial charge in [-0.1, -0.05) is 54.6 Å². The summed E-state index contributed by atoms with van der Waals surface area (Å²) in [4.78, 5) is 0. The van der Waals surface area contributed by atoms with Crippen molar-refractivity contribution in [3.05, 3.63) is 66.4 Å². The molecule has 0 saturated heterocycles. The van der Waals surface area contributed by atoms with Gasteiger partial charge in [-0.05, 0) is 12.5 Å². The van der Waals surface area contributed by atoms with Crippen molar-refractivity contribution in [1.29, 1.82) is 0 Å². The summed E-state index contributed by atoms with van der Waals surface area (Å²) in [6.45, 7) is 2.01. The third kappa shape index (κ3) is 2.54. The van der Waals surface area contributed by atoms with E-state index >= 15 is 0 Å². The molecule has 0 spiro atoms. The quantitative estimate of drug-likeness (QED) is 0.653. The third-order valence-electron chi connectivity index (χ3n) is 3.16. The van der Waals surface area contributed by atoms with Crippen LogP contribution in [0.2, 0.25) is 0 Å². The summed E-state index contributed by atoms with van der Waals surface area (Å²) < 4.78 is 0. The van der Waals surface area contributed by atoms with Crippen LogP contribution in [-0.2, 0) is 0 Å². The second-order valence-corrected chi connectivity index (χ2v) is 4.56. The highest BCUT2D eigenvalue weighted by Gasteiger charge is 2.04. The van der Waals surface area contributed by atoms with Crippen LogP contribution >= 0.6 is 0 Å². The molecule has 1 unspecified atom stereocenters. The molecule has 0 aliphatic heterocycles. The molecule has 1 aromatic heterocycles. The average molecular weight is 262 g/mol. The molecule has 0 radical (unpaired) electrons. The first-order valence-corrected chi connectivity index (χ1v) is 6.51. The minimum Gasteiger partial charge on any atom is -0.179 e. The van der Waals surface area contributed by atoms with Crippen molar-refractivity contribution in [3.63, 3.8) is 0 Å². The molecule has 0 amide bonds. The van der Waals surface area contributed by atoms with Crippen molar-refractivity contribution in [2.45, 2.75) is 13.0 Å². The summed E-state index contributed by atoms with van der Waals surface area (Å²) in [6.07, 6.45) is 1.73. The Morgan fingerprint density at radius 3 is 2.55 bits per heavy atom. The topological polar surface area (TPSA) is 50.5 Å². The number of nitrogens with zero attached hydrogens (tertiary/aromatic N) is 4. The Bertz CT molecular complexity index is 732. The predicted molar refractivity (Wildman–Crippen MR) is 78.9 cm³/mol. The molecule has 0 fully saturated rings. The second-order valence-electron chi connectivity index (χ2n) is 4.56. The van der Waals surface area contributed by atoms with Gasteiger partial charge in [0.1, 0.15) is 0 Å². The van der Waals surface area contributed by atoms with Gasteiger partial charge in [0, 0.05) is 10.8 Å². The maximum atomic E-state index is 4.34. The van der Waals surface area contributed by atoms with Crippen LogP contribution in [0.15, 0.2) is 71.0 Å². The fourth-order valence-corrected chi connectivity index (χ4v) is 2.03. The zero-order valence-corrected chi connectivity index (χ0v) is 11.1. The Morgan fingerprint density at radius 2 is 1.70 bits per heavy atom. The molecular weight excluding hydrogens is 248 g/mol. The summed E-state index contributed by atoms with van der Waals surface area (Å²) in [5, 5.41) is 18.6. The highest BCUT2D eigenvalue weighted by molar-refractivity contribution is 5.89. The third-order valence-corrected chi connectivity index (χ3v) is 3.16. The van der Waals surface area contributed by atoms with E-state index in [-0.39, 0.29) is 6.04 Å². The average Bonchev–Trinajstić information content (AvgIpc) is 2.53. The van der Waals surface area contributed by atoms with E-state index in [4.69, 9.17) is 0 Å². The summed E-state index contributed by atoms with van der Waals surface area (Å²) >= 11 is 0. The van der Waals surface area contributed by atoms with Crippen molar-refractivity contribution in [1.82, 2.24) is 10.2 Å². The number of aromatic nitrogens is 2. The first-order valence-electron chi connectivity index (χ1n) is 6.51. The van der Waals surface area contributed by atoms with E-state index in [2.05, 4.69) is 20.4 Å². The van der Waals surface area contributed by atoms with Gasteiger partial charge in [0.05, 0.1) is 12.2 Å². The Morgan fingerprint density at radius 1 is 0.950 bits per heavy atom. The Balaban J connectivity index is 1.91. The summed E-state index contributed by atoms with van der Waals surface area (Å²) in [7, 11) is 0. The monoisotopic (exact) mass is 262 g/mol. The fourth-order valence-electron chi connectivity index (χ4n) is 2.03. The van der Waals surface area contributed by atoms with Crippen LogP contribution in [0.4, 0.5) is 5.82 Å². The molecule has 4 heteroatoms. The fraction of sp³-hybridized carbons (Fsp3) is 0.125. The molecule has 0 aliphatic carbocycles. The van der Waals surface area contributed by atoms with Crippen LogP contribution in [0.25, 0.3) is 10.8 Å². The lowest BCUT2D eigenvalue weighted by atomic mass is 10.1. The smallest absolute Gasteiger partial charge is 0.179 e. The Kier molecular flexibility index (Phi) is 3.46. The minimum atomic E-state index is -0.00281. The molecule has 3 rings (SSSR count). The van der Waals surface area contributed by atoms with Gasteiger partial charge in [-0.3, -0.25) is 0 Å². The Hall–Kier alpha value is -2.62. The number of azo groups is 1. The van der Waals surface area contributed by atoms with Gasteiger partial charge in [0.25, 0.3) is 0 Å². The number of rotatable bonds is 3. The van der Waals surface area contributed by atoms with Gasteiger partial charge in [-0.25, -0.2) is 0 Å². The summed E-state index contributed by atoms with van der Waals surface area (Å²) in [5.41, 5.74) is 1.13. The van der Waals surface area contributed by atoms with E-state index in [0.717, 1.165) is 16.3 Å². The highest BCUT2D eigenvalue weighted by atomic mass is 15.2. The zero-order valence-electron chi connectivity index (χ0n) is 11.1. The van der Waals surface area contributed by atoms with Gasteiger partial charge in [-0.15, -0.1) is 10.2 Å². The second kappa shape index (κ2) is 5.57.